The highest BCUT2D eigenvalue weighted by atomic mass is 16.4. The van der Waals surface area contributed by atoms with Crippen molar-refractivity contribution in [2.75, 3.05) is 0 Å². The number of benzene rings is 1. The molecule has 2 atom stereocenters. The smallest absolute Gasteiger partial charge is 0.307 e. The Bertz CT molecular complexity index is 608. The van der Waals surface area contributed by atoms with Crippen LogP contribution in [0.1, 0.15) is 23.7 Å². The van der Waals surface area contributed by atoms with Crippen LogP contribution >= 0.6 is 0 Å². The molecule has 0 aliphatic heterocycles. The molecule has 0 radical (unpaired) electrons. The Morgan fingerprint density at radius 2 is 2.33 bits per heavy atom. The molecular formula is C12H12N4O2. The number of aromatic nitrogens is 4. The highest BCUT2D eigenvalue weighted by Crippen LogP contribution is 2.46. The van der Waals surface area contributed by atoms with E-state index in [1.54, 1.807) is 4.68 Å². The maximum Gasteiger partial charge on any atom is 0.307 e. The zero-order valence-electron chi connectivity index (χ0n) is 9.82. The van der Waals surface area contributed by atoms with Gasteiger partial charge in [0.05, 0.1) is 11.6 Å². The molecule has 2 aromatic rings. The molecular weight excluding hydrogens is 232 g/mol. The maximum atomic E-state index is 10.9. The van der Waals surface area contributed by atoms with Gasteiger partial charge in [0.1, 0.15) is 0 Å². The molecule has 3 rings (SSSR count). The van der Waals surface area contributed by atoms with Gasteiger partial charge in [0, 0.05) is 5.92 Å². The molecule has 6 nitrogen and oxygen atoms in total. The summed E-state index contributed by atoms with van der Waals surface area (Å²) in [5.41, 5.74) is 1.98. The summed E-state index contributed by atoms with van der Waals surface area (Å²) in [6, 6.07) is 7.80. The van der Waals surface area contributed by atoms with E-state index in [1.165, 1.54) is 0 Å². The Kier molecular flexibility index (Phi) is 2.36. The normalized spacial score (nSPS) is 21.8. The number of carboxylic acids is 1. The van der Waals surface area contributed by atoms with E-state index in [0.717, 1.165) is 11.3 Å². The molecule has 1 aromatic heterocycles. The average Bonchev–Trinajstić information content (AvgIpc) is 2.99. The van der Waals surface area contributed by atoms with Crippen molar-refractivity contribution >= 4 is 5.97 Å². The lowest BCUT2D eigenvalue weighted by Gasteiger charge is -2.04. The molecule has 0 saturated heterocycles. The van der Waals surface area contributed by atoms with Gasteiger partial charge in [-0.05, 0) is 41.5 Å². The lowest BCUT2D eigenvalue weighted by atomic mass is 10.2. The van der Waals surface area contributed by atoms with E-state index in [4.69, 9.17) is 5.11 Å². The summed E-state index contributed by atoms with van der Waals surface area (Å²) < 4.78 is 1.63. The topological polar surface area (TPSA) is 80.9 Å². The number of aryl methyl sites for hydroxylation is 1. The van der Waals surface area contributed by atoms with Gasteiger partial charge in [0.2, 0.25) is 0 Å². The number of hydrogen-bond donors (Lipinski definition) is 1. The van der Waals surface area contributed by atoms with Crippen molar-refractivity contribution in [2.45, 2.75) is 19.3 Å². The van der Waals surface area contributed by atoms with Gasteiger partial charge >= 0.3 is 5.97 Å². The molecule has 18 heavy (non-hydrogen) atoms. The minimum absolute atomic E-state index is 0.0713. The van der Waals surface area contributed by atoms with E-state index in [-0.39, 0.29) is 11.8 Å². The van der Waals surface area contributed by atoms with Gasteiger partial charge < -0.3 is 5.11 Å². The van der Waals surface area contributed by atoms with Crippen LogP contribution < -0.4 is 0 Å². The quantitative estimate of drug-likeness (QED) is 0.876. The fourth-order valence-electron chi connectivity index (χ4n) is 2.12. The number of carbonyl (C=O) groups is 1. The van der Waals surface area contributed by atoms with Crippen LogP contribution in [0.5, 0.6) is 0 Å². The predicted octanol–water partition coefficient (Wildman–Crippen LogP) is 1.16. The fourth-order valence-corrected chi connectivity index (χ4v) is 2.12. The fraction of sp³-hybridized carbons (Fsp3) is 0.333. The summed E-state index contributed by atoms with van der Waals surface area (Å²) in [4.78, 5) is 10.9. The third kappa shape index (κ3) is 1.75. The minimum Gasteiger partial charge on any atom is -0.481 e. The van der Waals surface area contributed by atoms with Crippen LogP contribution in [0.3, 0.4) is 0 Å². The number of aliphatic carboxylic acids is 1. The molecule has 1 aliphatic rings. The van der Waals surface area contributed by atoms with Crippen molar-refractivity contribution in [3.8, 4) is 5.69 Å². The van der Waals surface area contributed by atoms with Gasteiger partial charge in [0.15, 0.2) is 5.82 Å². The van der Waals surface area contributed by atoms with Crippen LogP contribution in [-0.2, 0) is 4.79 Å². The molecule has 1 fully saturated rings. The van der Waals surface area contributed by atoms with Gasteiger partial charge in [0.25, 0.3) is 0 Å². The van der Waals surface area contributed by atoms with Crippen LogP contribution in [0.4, 0.5) is 0 Å². The largest absolute Gasteiger partial charge is 0.481 e. The summed E-state index contributed by atoms with van der Waals surface area (Å²) in [5, 5.41) is 20.5. The number of nitrogens with zero attached hydrogens (tertiary/aromatic N) is 4. The number of rotatable bonds is 3. The first-order chi connectivity index (χ1) is 8.66. The lowest BCUT2D eigenvalue weighted by molar-refractivity contribution is -0.138. The van der Waals surface area contributed by atoms with Gasteiger partial charge in [-0.25, -0.2) is 0 Å². The highest BCUT2D eigenvalue weighted by molar-refractivity contribution is 5.74. The van der Waals surface area contributed by atoms with Crippen molar-refractivity contribution in [3.63, 3.8) is 0 Å². The molecule has 6 heteroatoms. The summed E-state index contributed by atoms with van der Waals surface area (Å²) in [6.45, 7) is 1.99. The molecule has 1 saturated carbocycles. The third-order valence-electron chi connectivity index (χ3n) is 3.18. The van der Waals surface area contributed by atoms with Crippen molar-refractivity contribution in [2.24, 2.45) is 5.92 Å². The average molecular weight is 244 g/mol. The van der Waals surface area contributed by atoms with Crippen molar-refractivity contribution in [3.05, 3.63) is 35.7 Å². The van der Waals surface area contributed by atoms with Crippen LogP contribution in [0, 0.1) is 12.8 Å². The molecule has 0 spiro atoms. The lowest BCUT2D eigenvalue weighted by Crippen LogP contribution is -2.05. The molecule has 0 amide bonds. The van der Waals surface area contributed by atoms with Crippen LogP contribution in [0.25, 0.3) is 5.69 Å². The minimum atomic E-state index is -0.779. The van der Waals surface area contributed by atoms with Gasteiger partial charge in [-0.3, -0.25) is 4.79 Å². The number of carboxylic acid groups (broad SMARTS) is 1. The van der Waals surface area contributed by atoms with E-state index >= 15 is 0 Å². The second-order valence-corrected chi connectivity index (χ2v) is 4.57. The van der Waals surface area contributed by atoms with Crippen LogP contribution in [-0.4, -0.2) is 31.3 Å². The summed E-state index contributed by atoms with van der Waals surface area (Å²) >= 11 is 0. The standard InChI is InChI=1S/C12H12N4O2/c1-7-3-2-4-8(5-7)16-11(13-14-15-16)9-6-10(9)12(17)18/h2-5,9-10H,6H2,1H3,(H,17,18). The predicted molar refractivity (Wildman–Crippen MR) is 62.4 cm³/mol. The first kappa shape index (κ1) is 10.9. The molecule has 1 aromatic carbocycles. The molecule has 1 aliphatic carbocycles. The summed E-state index contributed by atoms with van der Waals surface area (Å²) in [7, 11) is 0. The maximum absolute atomic E-state index is 10.9. The Balaban J connectivity index is 1.96. The first-order valence-electron chi connectivity index (χ1n) is 5.75. The SMILES string of the molecule is Cc1cccc(-n2nnnc2C2CC2C(=O)O)c1. The molecule has 1 N–H and O–H groups in total. The van der Waals surface area contributed by atoms with Crippen molar-refractivity contribution < 1.29 is 9.90 Å². The Labute approximate surface area is 103 Å². The monoisotopic (exact) mass is 244 g/mol. The summed E-state index contributed by atoms with van der Waals surface area (Å²) in [6.07, 6.45) is 0.613. The van der Waals surface area contributed by atoms with Crippen LogP contribution in [0.2, 0.25) is 0 Å². The molecule has 1 heterocycles. The van der Waals surface area contributed by atoms with Gasteiger partial charge in [-0.2, -0.15) is 4.68 Å². The van der Waals surface area contributed by atoms with Crippen molar-refractivity contribution in [1.29, 1.82) is 0 Å². The highest BCUT2D eigenvalue weighted by Gasteiger charge is 2.47. The zero-order valence-corrected chi connectivity index (χ0v) is 9.82. The van der Waals surface area contributed by atoms with E-state index < -0.39 is 5.97 Å². The zero-order chi connectivity index (χ0) is 12.7. The van der Waals surface area contributed by atoms with Gasteiger partial charge in [-0.1, -0.05) is 12.1 Å². The van der Waals surface area contributed by atoms with Gasteiger partial charge in [-0.15, -0.1) is 5.10 Å². The van der Waals surface area contributed by atoms with E-state index in [9.17, 15) is 4.79 Å². The first-order valence-corrected chi connectivity index (χ1v) is 5.75. The summed E-state index contributed by atoms with van der Waals surface area (Å²) in [5.74, 6) is -0.565. The second-order valence-electron chi connectivity index (χ2n) is 4.57. The Hall–Kier alpha value is -2.24. The number of hydrogen-bond acceptors (Lipinski definition) is 4. The molecule has 92 valence electrons. The Morgan fingerprint density at radius 1 is 1.50 bits per heavy atom. The van der Waals surface area contributed by atoms with E-state index in [0.29, 0.717) is 12.2 Å². The number of tetrazole rings is 1. The molecule has 0 bridgehead atoms. The third-order valence-corrected chi connectivity index (χ3v) is 3.18. The molecule has 2 unspecified atom stereocenters. The van der Waals surface area contributed by atoms with Crippen LogP contribution in [0.15, 0.2) is 24.3 Å². The van der Waals surface area contributed by atoms with E-state index in [1.807, 2.05) is 31.2 Å². The Morgan fingerprint density at radius 3 is 3.00 bits per heavy atom. The van der Waals surface area contributed by atoms with Crippen molar-refractivity contribution in [1.82, 2.24) is 20.2 Å². The second kappa shape index (κ2) is 3.90. The van der Waals surface area contributed by atoms with E-state index in [2.05, 4.69) is 15.5 Å².